The minimum Gasteiger partial charge on any atom is -0.494 e. The Morgan fingerprint density at radius 3 is 2.64 bits per heavy atom. The normalized spacial score (nSPS) is 14.8. The lowest BCUT2D eigenvalue weighted by Gasteiger charge is -2.28. The number of nitrogens with zero attached hydrogens (tertiary/aromatic N) is 5. The average molecular weight is 450 g/mol. The fourth-order valence-corrected chi connectivity index (χ4v) is 3.53. The van der Waals surface area contributed by atoms with Gasteiger partial charge in [-0.25, -0.2) is 4.79 Å². The van der Waals surface area contributed by atoms with Gasteiger partial charge in [0.1, 0.15) is 17.5 Å². The minimum absolute atomic E-state index is 0.0219. The molecule has 0 unspecified atom stereocenters. The van der Waals surface area contributed by atoms with Crippen LogP contribution >= 0.6 is 0 Å². The number of nitro groups is 1. The maximum Gasteiger partial charge on any atom is 0.355 e. The van der Waals surface area contributed by atoms with Crippen LogP contribution in [0.15, 0.2) is 59.8 Å². The van der Waals surface area contributed by atoms with E-state index in [0.29, 0.717) is 17.9 Å². The summed E-state index contributed by atoms with van der Waals surface area (Å²) in [6, 6.07) is 11.1. The van der Waals surface area contributed by atoms with Crippen LogP contribution in [0.4, 0.5) is 11.6 Å². The number of allylic oxidation sites excluding steroid dienone is 1. The minimum atomic E-state index is -1.02. The van der Waals surface area contributed by atoms with E-state index < -0.39 is 22.7 Å². The largest absolute Gasteiger partial charge is 0.494 e. The topological polar surface area (TPSA) is 151 Å². The summed E-state index contributed by atoms with van der Waals surface area (Å²) in [6.45, 7) is 2.30. The van der Waals surface area contributed by atoms with Crippen molar-refractivity contribution in [1.82, 2.24) is 20.2 Å². The number of nitrogens with one attached hydrogen (secondary N) is 1. The molecular weight excluding hydrogens is 432 g/mol. The summed E-state index contributed by atoms with van der Waals surface area (Å²) < 4.78 is 11.6. The number of benzene rings is 2. The summed E-state index contributed by atoms with van der Waals surface area (Å²) in [5.41, 5.74) is 0.244. The number of hydrogen-bond donors (Lipinski definition) is 1. The van der Waals surface area contributed by atoms with Gasteiger partial charge in [0.05, 0.1) is 24.2 Å². The third-order valence-corrected chi connectivity index (χ3v) is 4.98. The first-order chi connectivity index (χ1) is 15.9. The van der Waals surface area contributed by atoms with Crippen LogP contribution in [0.2, 0.25) is 0 Å². The van der Waals surface area contributed by atoms with Crippen LogP contribution in [0.5, 0.6) is 5.75 Å². The summed E-state index contributed by atoms with van der Waals surface area (Å²) in [4.78, 5) is 37.1. The fourth-order valence-electron chi connectivity index (χ4n) is 3.53. The van der Waals surface area contributed by atoms with Crippen LogP contribution in [0.3, 0.4) is 0 Å². The zero-order valence-corrected chi connectivity index (χ0v) is 17.6. The molecule has 1 atom stereocenters. The van der Waals surface area contributed by atoms with E-state index in [4.69, 9.17) is 9.47 Å². The number of non-ortho nitro benzene ring substituents is 1. The van der Waals surface area contributed by atoms with Crippen molar-refractivity contribution >= 4 is 23.4 Å². The monoisotopic (exact) mass is 450 g/mol. The Labute approximate surface area is 187 Å². The summed E-state index contributed by atoms with van der Waals surface area (Å²) in [5.74, 6) is -0.663. The second-order valence-electron chi connectivity index (χ2n) is 6.89. The van der Waals surface area contributed by atoms with E-state index in [1.165, 1.54) is 30.0 Å². The number of nitro benzene ring substituents is 1. The first-order valence-electron chi connectivity index (χ1n) is 9.83. The van der Waals surface area contributed by atoms with Gasteiger partial charge < -0.3 is 14.8 Å². The molecule has 168 valence electrons. The molecule has 0 saturated heterocycles. The SMILES string of the molecule is CCOc1ccc(C(=O)C2=C(C(=O)OC)Nc3nnnn3[C@@H]2c2cccc([N+](=O)[O-])c2)cc1. The van der Waals surface area contributed by atoms with Crippen LogP contribution in [0.1, 0.15) is 28.9 Å². The van der Waals surface area contributed by atoms with E-state index in [0.717, 1.165) is 0 Å². The van der Waals surface area contributed by atoms with Crippen molar-refractivity contribution in [1.29, 1.82) is 0 Å². The lowest BCUT2D eigenvalue weighted by molar-refractivity contribution is -0.384. The van der Waals surface area contributed by atoms with Gasteiger partial charge in [-0.1, -0.05) is 17.2 Å². The molecule has 0 saturated carbocycles. The Kier molecular flexibility index (Phi) is 5.81. The number of hydrogen-bond acceptors (Lipinski definition) is 10. The Morgan fingerprint density at radius 2 is 1.97 bits per heavy atom. The molecular formula is C21H18N6O6. The molecule has 2 heterocycles. The lowest BCUT2D eigenvalue weighted by Crippen LogP contribution is -2.33. The number of carbonyl (C=O) groups is 2. The Morgan fingerprint density at radius 1 is 1.21 bits per heavy atom. The van der Waals surface area contributed by atoms with E-state index in [-0.39, 0.29) is 28.5 Å². The number of ether oxygens (including phenoxy) is 2. The van der Waals surface area contributed by atoms with Crippen LogP contribution in [0.25, 0.3) is 0 Å². The van der Waals surface area contributed by atoms with Gasteiger partial charge in [0.2, 0.25) is 5.95 Å². The van der Waals surface area contributed by atoms with Crippen LogP contribution in [-0.4, -0.2) is 50.6 Å². The second kappa shape index (κ2) is 8.86. The molecule has 0 aliphatic carbocycles. The number of tetrazole rings is 1. The van der Waals surface area contributed by atoms with Gasteiger partial charge >= 0.3 is 5.97 Å². The number of methoxy groups -OCH3 is 1. The molecule has 1 aliphatic heterocycles. The zero-order chi connectivity index (χ0) is 23.5. The second-order valence-corrected chi connectivity index (χ2v) is 6.89. The molecule has 0 spiro atoms. The smallest absolute Gasteiger partial charge is 0.355 e. The highest BCUT2D eigenvalue weighted by molar-refractivity contribution is 6.15. The quantitative estimate of drug-likeness (QED) is 0.246. The van der Waals surface area contributed by atoms with Gasteiger partial charge in [0.25, 0.3) is 5.69 Å². The first kappa shape index (κ1) is 21.6. The van der Waals surface area contributed by atoms with Crippen molar-refractivity contribution in [2.45, 2.75) is 13.0 Å². The highest BCUT2D eigenvalue weighted by atomic mass is 16.6. The molecule has 1 N–H and O–H groups in total. The van der Waals surface area contributed by atoms with Crippen LogP contribution in [-0.2, 0) is 9.53 Å². The summed E-state index contributed by atoms with van der Waals surface area (Å²) in [7, 11) is 1.18. The molecule has 1 aromatic heterocycles. The number of fused-ring (bicyclic) bond motifs is 1. The van der Waals surface area contributed by atoms with Crippen molar-refractivity contribution in [2.24, 2.45) is 0 Å². The van der Waals surface area contributed by atoms with E-state index in [1.807, 2.05) is 6.92 Å². The fraction of sp³-hybridized carbons (Fsp3) is 0.190. The molecule has 12 nitrogen and oxygen atoms in total. The molecule has 4 rings (SSSR count). The number of Topliss-reactive ketones (excluding diaryl/α,β-unsaturated/α-hetero) is 1. The predicted molar refractivity (Wildman–Crippen MR) is 114 cm³/mol. The highest BCUT2D eigenvalue weighted by Gasteiger charge is 2.39. The van der Waals surface area contributed by atoms with Crippen molar-refractivity contribution in [3.63, 3.8) is 0 Å². The first-order valence-corrected chi connectivity index (χ1v) is 9.83. The van der Waals surface area contributed by atoms with Gasteiger partial charge in [-0.3, -0.25) is 14.9 Å². The van der Waals surface area contributed by atoms with Gasteiger partial charge in [0.15, 0.2) is 5.78 Å². The van der Waals surface area contributed by atoms with E-state index in [9.17, 15) is 19.7 Å². The Hall–Kier alpha value is -4.61. The van der Waals surface area contributed by atoms with Crippen LogP contribution < -0.4 is 10.1 Å². The standard InChI is InChI=1S/C21H18N6O6/c1-3-33-15-9-7-12(8-10-15)19(28)16-17(20(29)32-2)22-21-23-24-25-26(21)18(16)13-5-4-6-14(11-13)27(30)31/h4-11,18H,3H2,1-2H3,(H,22,23,25)/t18-/m1/s1. The number of ketones is 1. The van der Waals surface area contributed by atoms with Gasteiger partial charge in [-0.15, -0.1) is 0 Å². The highest BCUT2D eigenvalue weighted by Crippen LogP contribution is 2.37. The molecule has 2 aromatic carbocycles. The number of anilines is 1. The van der Waals surface area contributed by atoms with Crippen molar-refractivity contribution in [3.8, 4) is 5.75 Å². The van der Waals surface area contributed by atoms with Gasteiger partial charge in [0, 0.05) is 17.7 Å². The Balaban J connectivity index is 1.90. The lowest BCUT2D eigenvalue weighted by atomic mass is 9.89. The number of rotatable bonds is 7. The van der Waals surface area contributed by atoms with Crippen molar-refractivity contribution < 1.29 is 24.0 Å². The molecule has 1 aliphatic rings. The zero-order valence-electron chi connectivity index (χ0n) is 17.6. The molecule has 12 heteroatoms. The molecule has 0 fully saturated rings. The van der Waals surface area contributed by atoms with E-state index in [2.05, 4.69) is 20.8 Å². The molecule has 0 amide bonds. The number of esters is 1. The van der Waals surface area contributed by atoms with Gasteiger partial charge in [-0.05, 0) is 47.2 Å². The maximum atomic E-state index is 13.7. The molecule has 33 heavy (non-hydrogen) atoms. The van der Waals surface area contributed by atoms with Crippen LogP contribution in [0, 0.1) is 10.1 Å². The number of aromatic nitrogens is 4. The van der Waals surface area contributed by atoms with Gasteiger partial charge in [-0.2, -0.15) is 4.68 Å². The molecule has 0 radical (unpaired) electrons. The third-order valence-electron chi connectivity index (χ3n) is 4.98. The average Bonchev–Trinajstić information content (AvgIpc) is 3.31. The number of carbonyl (C=O) groups excluding carboxylic acids is 2. The van der Waals surface area contributed by atoms with Crippen molar-refractivity contribution in [2.75, 3.05) is 19.0 Å². The molecule has 0 bridgehead atoms. The van der Waals surface area contributed by atoms with E-state index in [1.54, 1.807) is 30.3 Å². The summed E-state index contributed by atoms with van der Waals surface area (Å²) in [6.07, 6.45) is 0. The predicted octanol–water partition coefficient (Wildman–Crippen LogP) is 2.30. The Bertz CT molecular complexity index is 1270. The van der Waals surface area contributed by atoms with Crippen molar-refractivity contribution in [3.05, 3.63) is 81.0 Å². The molecule has 3 aromatic rings. The third kappa shape index (κ3) is 4.01. The summed E-state index contributed by atoms with van der Waals surface area (Å²) >= 11 is 0. The van der Waals surface area contributed by atoms with E-state index >= 15 is 0 Å². The maximum absolute atomic E-state index is 13.7. The summed E-state index contributed by atoms with van der Waals surface area (Å²) in [5, 5.41) is 25.5.